The molecule has 0 spiro atoms. The number of esters is 1. The minimum atomic E-state index is -1.10. The topological polar surface area (TPSA) is 80.7 Å². The van der Waals surface area contributed by atoms with Crippen molar-refractivity contribution in [1.82, 2.24) is 0 Å². The highest BCUT2D eigenvalue weighted by Gasteiger charge is 2.17. The van der Waals surface area contributed by atoms with Crippen LogP contribution in [0.3, 0.4) is 0 Å². The van der Waals surface area contributed by atoms with Crippen LogP contribution in [0.4, 0.5) is 0 Å². The monoisotopic (exact) mass is 454 g/mol. The van der Waals surface area contributed by atoms with Crippen molar-refractivity contribution < 1.29 is 24.2 Å². The number of carboxylic acids is 1. The Morgan fingerprint density at radius 1 is 1.00 bits per heavy atom. The predicted octanol–water partition coefficient (Wildman–Crippen LogP) is 4.33. The first kappa shape index (κ1) is 18.4. The molecule has 0 aromatic heterocycles. The first-order valence-corrected chi connectivity index (χ1v) is 8.61. The number of carbonyl (C=O) groups excluding carboxylic acids is 2. The summed E-state index contributed by atoms with van der Waals surface area (Å²) in [5.74, 6) is -1.56. The van der Waals surface area contributed by atoms with Crippen LogP contribution >= 0.6 is 31.9 Å². The first-order valence-electron chi connectivity index (χ1n) is 6.78. The molecule has 0 bridgehead atoms. The minimum absolute atomic E-state index is 0.0384. The largest absolute Gasteiger partial charge is 0.478 e. The van der Waals surface area contributed by atoms with Crippen LogP contribution in [-0.2, 0) is 4.79 Å². The zero-order chi connectivity index (χ0) is 17.9. The molecule has 0 aliphatic carbocycles. The number of carbonyl (C=O) groups is 3. The van der Waals surface area contributed by atoms with Crippen molar-refractivity contribution in [3.63, 3.8) is 0 Å². The van der Waals surface area contributed by atoms with Crippen molar-refractivity contribution >= 4 is 49.6 Å². The third-order valence-electron chi connectivity index (χ3n) is 3.13. The van der Waals surface area contributed by atoms with Crippen molar-refractivity contribution in [2.24, 2.45) is 0 Å². The van der Waals surface area contributed by atoms with Gasteiger partial charge in [-0.15, -0.1) is 0 Å². The second-order valence-electron chi connectivity index (χ2n) is 4.86. The molecular formula is C17H12Br2O5. The summed E-state index contributed by atoms with van der Waals surface area (Å²) >= 11 is 6.66. The van der Waals surface area contributed by atoms with Crippen LogP contribution in [0.1, 0.15) is 42.5 Å². The molecule has 2 aromatic carbocycles. The van der Waals surface area contributed by atoms with E-state index in [1.807, 2.05) is 0 Å². The van der Waals surface area contributed by atoms with Crippen LogP contribution in [0.15, 0.2) is 42.5 Å². The lowest BCUT2D eigenvalue weighted by atomic mass is 9.99. The summed E-state index contributed by atoms with van der Waals surface area (Å²) in [5.41, 5.74) is 1.23. The van der Waals surface area contributed by atoms with Crippen LogP contribution in [0, 0.1) is 0 Å². The lowest BCUT2D eigenvalue weighted by molar-refractivity contribution is -0.131. The summed E-state index contributed by atoms with van der Waals surface area (Å²) < 4.78 is 4.79. The number of halogens is 2. The maximum atomic E-state index is 12.6. The molecule has 2 rings (SSSR count). The molecule has 0 saturated heterocycles. The predicted molar refractivity (Wildman–Crippen MR) is 95.2 cm³/mol. The van der Waals surface area contributed by atoms with Gasteiger partial charge in [0.25, 0.3) is 0 Å². The van der Waals surface area contributed by atoms with E-state index in [1.165, 1.54) is 37.3 Å². The number of ketones is 1. The molecule has 0 atom stereocenters. The molecule has 0 aliphatic rings. The molecule has 1 N–H and O–H groups in total. The van der Waals surface area contributed by atoms with Crippen LogP contribution < -0.4 is 4.74 Å². The SMILES string of the molecule is CC(=O)Oc1ccc(C(=O)c2cccc(C(=O)O)c2)cc1C(Br)Br. The summed E-state index contributed by atoms with van der Waals surface area (Å²) in [7, 11) is 0. The molecule has 0 unspecified atom stereocenters. The van der Waals surface area contributed by atoms with E-state index in [9.17, 15) is 14.4 Å². The van der Waals surface area contributed by atoms with Gasteiger partial charge in [0.2, 0.25) is 0 Å². The Labute approximate surface area is 154 Å². The zero-order valence-electron chi connectivity index (χ0n) is 12.5. The summed E-state index contributed by atoms with van der Waals surface area (Å²) in [6.07, 6.45) is 0. The van der Waals surface area contributed by atoms with E-state index in [0.717, 1.165) is 0 Å². The smallest absolute Gasteiger partial charge is 0.335 e. The number of ether oxygens (including phenoxy) is 1. The van der Waals surface area contributed by atoms with E-state index in [2.05, 4.69) is 31.9 Å². The molecule has 24 heavy (non-hydrogen) atoms. The van der Waals surface area contributed by atoms with Gasteiger partial charge in [0, 0.05) is 23.6 Å². The molecule has 0 radical (unpaired) electrons. The fraction of sp³-hybridized carbons (Fsp3) is 0.118. The van der Waals surface area contributed by atoms with E-state index in [0.29, 0.717) is 16.9 Å². The fourth-order valence-electron chi connectivity index (χ4n) is 2.07. The second-order valence-corrected chi connectivity index (χ2v) is 7.92. The molecule has 0 amide bonds. The Morgan fingerprint density at radius 3 is 2.21 bits per heavy atom. The van der Waals surface area contributed by atoms with Crippen LogP contribution in [0.25, 0.3) is 0 Å². The van der Waals surface area contributed by atoms with Gasteiger partial charge in [0.1, 0.15) is 5.75 Å². The van der Waals surface area contributed by atoms with Crippen molar-refractivity contribution in [3.8, 4) is 5.75 Å². The van der Waals surface area contributed by atoms with Gasteiger partial charge in [-0.3, -0.25) is 9.59 Å². The lowest BCUT2D eigenvalue weighted by Gasteiger charge is -2.12. The third-order valence-corrected chi connectivity index (χ3v) is 4.12. The Bertz CT molecular complexity index is 814. The Hall–Kier alpha value is -1.99. The van der Waals surface area contributed by atoms with Gasteiger partial charge < -0.3 is 9.84 Å². The van der Waals surface area contributed by atoms with Gasteiger partial charge in [0.05, 0.1) is 9.30 Å². The summed E-state index contributed by atoms with van der Waals surface area (Å²) in [6.45, 7) is 1.29. The molecule has 0 heterocycles. The van der Waals surface area contributed by atoms with Crippen molar-refractivity contribution in [1.29, 1.82) is 0 Å². The van der Waals surface area contributed by atoms with Crippen molar-refractivity contribution in [2.75, 3.05) is 0 Å². The van der Waals surface area contributed by atoms with Gasteiger partial charge >= 0.3 is 11.9 Å². The van der Waals surface area contributed by atoms with E-state index in [-0.39, 0.29) is 20.6 Å². The standard InChI is InChI=1S/C17H12Br2O5/c1-9(20)24-14-6-5-11(8-13(14)16(18)19)15(21)10-3-2-4-12(7-10)17(22)23/h2-8,16H,1H3,(H,22,23). The minimum Gasteiger partial charge on any atom is -0.478 e. The fourth-order valence-corrected chi connectivity index (χ4v) is 2.78. The first-order chi connectivity index (χ1) is 11.3. The Kier molecular flexibility index (Phi) is 5.90. The highest BCUT2D eigenvalue weighted by Crippen LogP contribution is 2.37. The maximum absolute atomic E-state index is 12.6. The van der Waals surface area contributed by atoms with Gasteiger partial charge in [-0.05, 0) is 30.3 Å². The third kappa shape index (κ3) is 4.30. The summed E-state index contributed by atoms with van der Waals surface area (Å²) in [4.78, 5) is 34.8. The summed E-state index contributed by atoms with van der Waals surface area (Å²) in [6, 6.07) is 10.4. The molecule has 5 nitrogen and oxygen atoms in total. The van der Waals surface area contributed by atoms with E-state index < -0.39 is 11.9 Å². The average Bonchev–Trinajstić information content (AvgIpc) is 2.54. The number of rotatable bonds is 5. The highest BCUT2D eigenvalue weighted by molar-refractivity contribution is 9.24. The van der Waals surface area contributed by atoms with E-state index in [1.54, 1.807) is 12.1 Å². The number of alkyl halides is 2. The Balaban J connectivity index is 2.43. The van der Waals surface area contributed by atoms with Crippen molar-refractivity contribution in [3.05, 3.63) is 64.7 Å². The average molecular weight is 456 g/mol. The maximum Gasteiger partial charge on any atom is 0.335 e. The van der Waals surface area contributed by atoms with Crippen LogP contribution in [0.2, 0.25) is 0 Å². The molecule has 0 fully saturated rings. The van der Waals surface area contributed by atoms with E-state index >= 15 is 0 Å². The Morgan fingerprint density at radius 2 is 1.62 bits per heavy atom. The quantitative estimate of drug-likeness (QED) is 0.314. The van der Waals surface area contributed by atoms with Gasteiger partial charge in [0.15, 0.2) is 5.78 Å². The molecule has 0 saturated carbocycles. The van der Waals surface area contributed by atoms with Gasteiger partial charge in [-0.25, -0.2) is 4.79 Å². The second kappa shape index (κ2) is 7.72. The number of hydrogen-bond acceptors (Lipinski definition) is 4. The number of hydrogen-bond donors (Lipinski definition) is 1. The van der Waals surface area contributed by atoms with Gasteiger partial charge in [-0.1, -0.05) is 44.0 Å². The van der Waals surface area contributed by atoms with Crippen LogP contribution in [-0.4, -0.2) is 22.8 Å². The molecule has 0 aliphatic heterocycles. The van der Waals surface area contributed by atoms with Gasteiger partial charge in [-0.2, -0.15) is 0 Å². The summed E-state index contributed by atoms with van der Waals surface area (Å²) in [5, 5.41) is 9.03. The normalized spacial score (nSPS) is 10.5. The number of benzene rings is 2. The zero-order valence-corrected chi connectivity index (χ0v) is 15.6. The molecule has 124 valence electrons. The van der Waals surface area contributed by atoms with Crippen molar-refractivity contribution in [2.45, 2.75) is 10.7 Å². The lowest BCUT2D eigenvalue weighted by Crippen LogP contribution is -2.07. The molecule has 7 heteroatoms. The molecular weight excluding hydrogens is 444 g/mol. The van der Waals surface area contributed by atoms with Crippen LogP contribution in [0.5, 0.6) is 5.75 Å². The molecule has 2 aromatic rings. The van der Waals surface area contributed by atoms with E-state index in [4.69, 9.17) is 9.84 Å². The number of carboxylic acid groups (broad SMARTS) is 1. The highest BCUT2D eigenvalue weighted by atomic mass is 79.9. The number of aromatic carboxylic acids is 1.